The van der Waals surface area contributed by atoms with Gasteiger partial charge in [0.2, 0.25) is 0 Å². The minimum absolute atomic E-state index is 0.281. The van der Waals surface area contributed by atoms with Gasteiger partial charge in [-0.25, -0.2) is 0 Å². The molecule has 0 saturated carbocycles. The second-order valence-corrected chi connectivity index (χ2v) is 7.62. The number of hydrogen-bond donors (Lipinski definition) is 2. The van der Waals surface area contributed by atoms with Gasteiger partial charge in [-0.05, 0) is 17.7 Å². The fraction of sp³-hybridized carbons (Fsp3) is 0.667. The number of nitrogens with one attached hydrogen (secondary N) is 1. The Bertz CT molecular complexity index is 493. The molecule has 24 heavy (non-hydrogen) atoms. The number of β-amino-alcohol motifs (C(OH)–C–C–N with tert-alkyl or cyclic N) is 1. The van der Waals surface area contributed by atoms with Crippen molar-refractivity contribution >= 4 is 11.8 Å². The molecule has 2 N–H and O–H groups in total. The van der Waals surface area contributed by atoms with Crippen LogP contribution in [-0.4, -0.2) is 67.0 Å². The van der Waals surface area contributed by atoms with Crippen LogP contribution in [0.3, 0.4) is 0 Å². The first-order valence-corrected chi connectivity index (χ1v) is 9.75. The summed E-state index contributed by atoms with van der Waals surface area (Å²) in [4.78, 5) is 2.29. The Balaban J connectivity index is 1.84. The molecule has 0 aliphatic carbocycles. The average Bonchev–Trinajstić information content (AvgIpc) is 2.59. The van der Waals surface area contributed by atoms with Crippen molar-refractivity contribution in [1.29, 1.82) is 0 Å². The van der Waals surface area contributed by atoms with Crippen LogP contribution in [0.2, 0.25) is 0 Å². The molecule has 0 spiro atoms. The average molecular weight is 355 g/mol. The van der Waals surface area contributed by atoms with E-state index in [2.05, 4.69) is 24.1 Å². The van der Waals surface area contributed by atoms with E-state index in [9.17, 15) is 5.11 Å². The van der Waals surface area contributed by atoms with Crippen LogP contribution < -0.4 is 14.8 Å². The Morgan fingerprint density at radius 2 is 2.00 bits per heavy atom. The van der Waals surface area contributed by atoms with E-state index in [-0.39, 0.29) is 6.61 Å². The Morgan fingerprint density at radius 3 is 2.67 bits per heavy atom. The smallest absolute Gasteiger partial charge is 0.161 e. The van der Waals surface area contributed by atoms with Crippen LogP contribution in [0.4, 0.5) is 0 Å². The molecule has 0 aromatic heterocycles. The van der Waals surface area contributed by atoms with Crippen molar-refractivity contribution < 1.29 is 14.6 Å². The summed E-state index contributed by atoms with van der Waals surface area (Å²) >= 11 is 1.97. The summed E-state index contributed by atoms with van der Waals surface area (Å²) in [5.74, 6) is 3.68. The molecule has 136 valence electrons. The fourth-order valence-electron chi connectivity index (χ4n) is 2.58. The first-order valence-electron chi connectivity index (χ1n) is 8.59. The molecule has 6 heteroatoms. The van der Waals surface area contributed by atoms with Gasteiger partial charge < -0.3 is 19.9 Å². The van der Waals surface area contributed by atoms with E-state index < -0.39 is 6.10 Å². The summed E-state index contributed by atoms with van der Waals surface area (Å²) in [5.41, 5.74) is 1.15. The van der Waals surface area contributed by atoms with E-state index in [1.54, 1.807) is 7.11 Å². The zero-order valence-electron chi connectivity index (χ0n) is 15.0. The van der Waals surface area contributed by atoms with Crippen molar-refractivity contribution in [2.45, 2.75) is 32.5 Å². The van der Waals surface area contributed by atoms with Gasteiger partial charge >= 0.3 is 0 Å². The molecule has 1 fully saturated rings. The molecular weight excluding hydrogens is 324 g/mol. The minimum Gasteiger partial charge on any atom is -0.493 e. The van der Waals surface area contributed by atoms with Crippen molar-refractivity contribution in [3.8, 4) is 11.5 Å². The number of hydrogen-bond acceptors (Lipinski definition) is 6. The number of aliphatic hydroxyl groups excluding tert-OH is 1. The molecular formula is C18H30N2O3S. The van der Waals surface area contributed by atoms with Crippen molar-refractivity contribution in [2.75, 3.05) is 44.9 Å². The topological polar surface area (TPSA) is 54.0 Å². The number of methoxy groups -OCH3 is 1. The van der Waals surface area contributed by atoms with E-state index in [4.69, 9.17) is 9.47 Å². The number of benzene rings is 1. The van der Waals surface area contributed by atoms with Crippen LogP contribution in [0.25, 0.3) is 0 Å². The van der Waals surface area contributed by atoms with Gasteiger partial charge in [0.05, 0.1) is 7.11 Å². The molecule has 1 aromatic rings. The van der Waals surface area contributed by atoms with Gasteiger partial charge in [0.15, 0.2) is 11.5 Å². The molecule has 1 aliphatic rings. The van der Waals surface area contributed by atoms with Gasteiger partial charge in [-0.2, -0.15) is 11.8 Å². The monoisotopic (exact) mass is 354 g/mol. The second-order valence-electron chi connectivity index (χ2n) is 6.40. The first-order chi connectivity index (χ1) is 11.6. The zero-order chi connectivity index (χ0) is 17.4. The molecule has 0 radical (unpaired) electrons. The summed E-state index contributed by atoms with van der Waals surface area (Å²) in [6.45, 7) is 8.08. The van der Waals surface area contributed by atoms with Crippen LogP contribution in [-0.2, 0) is 6.54 Å². The van der Waals surface area contributed by atoms with Crippen LogP contribution in [0.5, 0.6) is 11.5 Å². The Morgan fingerprint density at radius 1 is 1.25 bits per heavy atom. The third-order valence-electron chi connectivity index (χ3n) is 3.95. The Hall–Kier alpha value is -0.950. The van der Waals surface area contributed by atoms with E-state index >= 15 is 0 Å². The third kappa shape index (κ3) is 6.51. The van der Waals surface area contributed by atoms with Crippen LogP contribution in [0, 0.1) is 0 Å². The van der Waals surface area contributed by atoms with E-state index in [0.29, 0.717) is 24.1 Å². The minimum atomic E-state index is -0.486. The number of aliphatic hydroxyl groups is 1. The highest BCUT2D eigenvalue weighted by Gasteiger charge is 2.16. The lowest BCUT2D eigenvalue weighted by atomic mass is 10.2. The lowest BCUT2D eigenvalue weighted by Gasteiger charge is -2.28. The molecule has 1 atom stereocenters. The van der Waals surface area contributed by atoms with Gasteiger partial charge in [0, 0.05) is 43.7 Å². The lowest BCUT2D eigenvalue weighted by molar-refractivity contribution is 0.0705. The molecule has 5 nitrogen and oxygen atoms in total. The lowest BCUT2D eigenvalue weighted by Crippen LogP contribution is -2.40. The van der Waals surface area contributed by atoms with Gasteiger partial charge in [-0.1, -0.05) is 19.9 Å². The van der Waals surface area contributed by atoms with Gasteiger partial charge in [-0.3, -0.25) is 4.90 Å². The molecule has 1 saturated heterocycles. The van der Waals surface area contributed by atoms with Gasteiger partial charge in [0.1, 0.15) is 12.7 Å². The van der Waals surface area contributed by atoms with Crippen molar-refractivity contribution in [3.05, 3.63) is 23.8 Å². The highest BCUT2D eigenvalue weighted by Crippen LogP contribution is 2.28. The normalized spacial score (nSPS) is 17.0. The predicted molar refractivity (Wildman–Crippen MR) is 100 cm³/mol. The maximum absolute atomic E-state index is 10.2. The summed E-state index contributed by atoms with van der Waals surface area (Å²) in [7, 11) is 1.64. The summed E-state index contributed by atoms with van der Waals surface area (Å²) < 4.78 is 11.2. The van der Waals surface area contributed by atoms with Crippen molar-refractivity contribution in [2.24, 2.45) is 0 Å². The number of rotatable bonds is 9. The van der Waals surface area contributed by atoms with E-state index in [1.807, 2.05) is 30.0 Å². The number of ether oxygens (including phenoxy) is 2. The SMILES string of the molecule is COc1cc(CNC(C)C)ccc1OC[C@@H](O)CN1CCSCC1. The Kier molecular flexibility index (Phi) is 8.18. The third-order valence-corrected chi connectivity index (χ3v) is 4.89. The van der Waals surface area contributed by atoms with Crippen LogP contribution >= 0.6 is 11.8 Å². The van der Waals surface area contributed by atoms with Crippen LogP contribution in [0.1, 0.15) is 19.4 Å². The van der Waals surface area contributed by atoms with Crippen molar-refractivity contribution in [3.63, 3.8) is 0 Å². The zero-order valence-corrected chi connectivity index (χ0v) is 15.8. The highest BCUT2D eigenvalue weighted by atomic mass is 32.2. The molecule has 0 amide bonds. The largest absolute Gasteiger partial charge is 0.493 e. The molecule has 0 bridgehead atoms. The predicted octanol–water partition coefficient (Wildman–Crippen LogP) is 1.98. The van der Waals surface area contributed by atoms with E-state index in [0.717, 1.165) is 36.7 Å². The summed E-state index contributed by atoms with van der Waals surface area (Å²) in [6, 6.07) is 6.37. The summed E-state index contributed by atoms with van der Waals surface area (Å²) in [6.07, 6.45) is -0.486. The number of thioether (sulfide) groups is 1. The molecule has 1 aliphatic heterocycles. The maximum Gasteiger partial charge on any atom is 0.161 e. The van der Waals surface area contributed by atoms with E-state index in [1.165, 1.54) is 0 Å². The molecule has 1 heterocycles. The molecule has 1 aromatic carbocycles. The Labute approximate surface area is 149 Å². The summed E-state index contributed by atoms with van der Waals surface area (Å²) in [5, 5.41) is 13.6. The second kappa shape index (κ2) is 10.1. The fourth-order valence-corrected chi connectivity index (χ4v) is 3.56. The first kappa shape index (κ1) is 19.4. The highest BCUT2D eigenvalue weighted by molar-refractivity contribution is 7.99. The maximum atomic E-state index is 10.2. The molecule has 2 rings (SSSR count). The van der Waals surface area contributed by atoms with Gasteiger partial charge in [-0.15, -0.1) is 0 Å². The molecule has 0 unspecified atom stereocenters. The standard InChI is InChI=1S/C18H30N2O3S/c1-14(2)19-11-15-4-5-17(18(10-15)22-3)23-13-16(21)12-20-6-8-24-9-7-20/h4-5,10,14,16,19,21H,6-9,11-13H2,1-3H3/t16-/m0/s1. The van der Waals surface area contributed by atoms with Crippen LogP contribution in [0.15, 0.2) is 18.2 Å². The van der Waals surface area contributed by atoms with Gasteiger partial charge in [0.25, 0.3) is 0 Å². The number of nitrogens with zero attached hydrogens (tertiary/aromatic N) is 1. The van der Waals surface area contributed by atoms with Crippen molar-refractivity contribution in [1.82, 2.24) is 10.2 Å². The quantitative estimate of drug-likeness (QED) is 0.707.